The maximum absolute atomic E-state index is 11.9. The standard InChI is InChI=1S/C14H20N2O8S2.C13H14N2O5S.2C12H15NO6S.3C8H10N2O5S/c1-15(2)25(18,19)23-12-7-8-13(24-26(20,21)16(3)4)11(10-12)6-9-14(17)22-5;1-9(16)11(8-14)6-10-4-5-13(12(17)7-10)20-21(18,19)15(2)3;1-13(2)20(16,17)19-10-5-6-11(14)9(8-10)4-7-12(15)18-3;1-13(2)20(16,17)19-11-6-5-10(14)8-9(11)4-7-12(15)18-3;1-9(2)16(13,14)15-8-5-3-7(4-6-8)10(11)12;1-9(2)16(13,14)15-8-5-3-4-7(6-8)10(11)12;1-9(2)16(13,14)15-8-6-4-3-5-7(8)10(11)12/h6-10H,1-5H3;4-7,17H,1-3H3;2*4-8,14H,1-3H3;3*3-6H,1-2H3/b9-6+;11-6+;2*7-4+;;;. The van der Waals surface area contributed by atoms with Crippen LogP contribution in [0.15, 0.2) is 169 Å². The third kappa shape index (κ3) is 42.0. The van der Waals surface area contributed by atoms with Gasteiger partial charge >= 0.3 is 106 Å². The Labute approximate surface area is 779 Å². The van der Waals surface area contributed by atoms with Gasteiger partial charge in [0.25, 0.3) is 11.4 Å². The van der Waals surface area contributed by atoms with Crippen LogP contribution in [0.2, 0.25) is 0 Å². The Kier molecular flexibility index (Phi) is 47.1. The molecule has 7 rings (SSSR count). The third-order valence-electron chi connectivity index (χ3n) is 14.9. The summed E-state index contributed by atoms with van der Waals surface area (Å²) in [6.07, 6.45) is 8.27. The zero-order valence-corrected chi connectivity index (χ0v) is 81.5. The van der Waals surface area contributed by atoms with Crippen molar-refractivity contribution in [1.29, 1.82) is 5.26 Å². The highest BCUT2D eigenvalue weighted by molar-refractivity contribution is 7.86. The number of benzene rings is 7. The van der Waals surface area contributed by atoms with Crippen LogP contribution >= 0.6 is 0 Å². The molecular formula is C75H94N12O40S8. The number of nitriles is 1. The number of phenols is 3. The minimum atomic E-state index is -4.06. The highest BCUT2D eigenvalue weighted by Crippen LogP contribution is 2.34. The molecule has 0 aliphatic rings. The quantitative estimate of drug-likeness (QED) is 0.0115. The Morgan fingerprint density at radius 1 is 0.341 bits per heavy atom. The number of carbonyl (C=O) groups is 4. The number of non-ortho nitro benzene ring substituents is 2. The number of nitro benzene ring substituents is 3. The van der Waals surface area contributed by atoms with E-state index in [4.69, 9.17) is 26.2 Å². The maximum Gasteiger partial charge on any atom is 0.384 e. The number of rotatable bonds is 35. The van der Waals surface area contributed by atoms with Crippen LogP contribution in [-0.2, 0) is 116 Å². The molecule has 0 aromatic heterocycles. The lowest BCUT2D eigenvalue weighted by Gasteiger charge is -2.15. The van der Waals surface area contributed by atoms with Gasteiger partial charge in [-0.25, -0.2) is 14.4 Å². The van der Waals surface area contributed by atoms with Gasteiger partial charge < -0.3 is 63.0 Å². The fourth-order valence-electron chi connectivity index (χ4n) is 7.48. The Morgan fingerprint density at radius 3 is 1.04 bits per heavy atom. The number of nitrogens with zero attached hydrogens (tertiary/aromatic N) is 12. The number of ether oxygens (including phenoxy) is 3. The van der Waals surface area contributed by atoms with Crippen molar-refractivity contribution < 1.29 is 164 Å². The third-order valence-corrected chi connectivity index (χ3v) is 25.2. The van der Waals surface area contributed by atoms with Crippen molar-refractivity contribution in [2.45, 2.75) is 6.92 Å². The molecule has 0 spiro atoms. The van der Waals surface area contributed by atoms with Crippen LogP contribution in [-0.4, -0.2) is 290 Å². The molecule has 0 bridgehead atoms. The van der Waals surface area contributed by atoms with Crippen LogP contribution in [0.3, 0.4) is 0 Å². The summed E-state index contributed by atoms with van der Waals surface area (Å²) in [6.45, 7) is 1.25. The average molecular weight is 2060 g/mol. The SMILES string of the molecule is CC(=O)/C(C#N)=C/c1ccc(OS(=O)(=O)N(C)C)c(O)c1.CN(C)S(=O)(=O)Oc1ccc([N+](=O)[O-])cc1.CN(C)S(=O)(=O)Oc1cccc([N+](=O)[O-])c1.CN(C)S(=O)(=O)Oc1ccccc1[N+](=O)[O-].COC(=O)/C=C/c1cc(O)ccc1OS(=O)(=O)N(C)C.COC(=O)/C=C/c1cc(OS(=O)(=O)N(C)C)ccc1O.COC(=O)/C=C/c1cc(OS(=O)(=O)N(C)C)ccc1OS(=O)(=O)N(C)C. The Balaban J connectivity index is 0.000000792. The predicted molar refractivity (Wildman–Crippen MR) is 483 cm³/mol. The number of carbonyl (C=O) groups excluding carboxylic acids is 4. The predicted octanol–water partition coefficient (Wildman–Crippen LogP) is 5.18. The van der Waals surface area contributed by atoms with E-state index in [2.05, 4.69) is 26.8 Å². The molecule has 0 saturated carbocycles. The van der Waals surface area contributed by atoms with Crippen LogP contribution in [0.1, 0.15) is 29.2 Å². The van der Waals surface area contributed by atoms with E-state index < -0.39 is 132 Å². The monoisotopic (exact) mass is 2060 g/mol. The average Bonchev–Trinajstić information content (AvgIpc) is 0.627. The largest absolute Gasteiger partial charge is 0.508 e. The number of phenolic OH excluding ortho intramolecular Hbond substituents is 3. The Hall–Kier alpha value is -13.7. The lowest BCUT2D eigenvalue weighted by molar-refractivity contribution is -0.385. The smallest absolute Gasteiger partial charge is 0.384 e. The van der Waals surface area contributed by atoms with Crippen molar-refractivity contribution >= 4 is 147 Å². The number of nitro groups is 3. The maximum atomic E-state index is 11.9. The molecule has 0 aliphatic heterocycles. The Bertz CT molecular complexity index is 6510. The summed E-state index contributed by atoms with van der Waals surface area (Å²) in [5, 5.41) is 68.9. The van der Waals surface area contributed by atoms with Crippen molar-refractivity contribution in [3.63, 3.8) is 0 Å². The molecule has 52 nitrogen and oxygen atoms in total. The van der Waals surface area contributed by atoms with Crippen LogP contribution in [0.5, 0.6) is 63.2 Å². The molecule has 0 amide bonds. The molecule has 0 saturated heterocycles. The first kappa shape index (κ1) is 119. The molecule has 742 valence electrons. The molecule has 7 aromatic rings. The van der Waals surface area contributed by atoms with Crippen molar-refractivity contribution in [3.05, 3.63) is 222 Å². The van der Waals surface area contributed by atoms with Crippen LogP contribution in [0.25, 0.3) is 24.3 Å². The van der Waals surface area contributed by atoms with Gasteiger partial charge in [0.1, 0.15) is 34.8 Å². The number of hydrogen-bond donors (Lipinski definition) is 3. The second kappa shape index (κ2) is 53.3. The lowest BCUT2D eigenvalue weighted by atomic mass is 10.1. The first-order chi connectivity index (χ1) is 62.1. The molecule has 0 radical (unpaired) electrons. The molecule has 7 aromatic carbocycles. The van der Waals surface area contributed by atoms with Gasteiger partial charge in [-0.05, 0) is 128 Å². The minimum absolute atomic E-state index is 0.0148. The van der Waals surface area contributed by atoms with E-state index >= 15 is 0 Å². The summed E-state index contributed by atoms with van der Waals surface area (Å²) < 4.78 is 243. The van der Waals surface area contributed by atoms with Crippen molar-refractivity contribution in [2.75, 3.05) is 134 Å². The molecule has 0 heterocycles. The second-order valence-electron chi connectivity index (χ2n) is 26.5. The van der Waals surface area contributed by atoms with E-state index in [1.165, 1.54) is 305 Å². The zero-order chi connectivity index (χ0) is 104. The summed E-state index contributed by atoms with van der Waals surface area (Å²) in [5.74, 6) is -3.81. The number of esters is 3. The second-order valence-corrected chi connectivity index (χ2v) is 40.5. The van der Waals surface area contributed by atoms with E-state index in [9.17, 15) is 132 Å². The first-order valence-electron chi connectivity index (χ1n) is 36.3. The highest BCUT2D eigenvalue weighted by atomic mass is 32.3. The van der Waals surface area contributed by atoms with Gasteiger partial charge in [-0.15, -0.1) is 0 Å². The minimum Gasteiger partial charge on any atom is -0.508 e. The fraction of sp³-hybridized carbons (Fsp3) is 0.267. The summed E-state index contributed by atoms with van der Waals surface area (Å²) in [4.78, 5) is 73.9. The van der Waals surface area contributed by atoms with Gasteiger partial charge in [-0.1, -0.05) is 24.3 Å². The number of Topliss-reactive ketones (excluding diaryl/α,β-unsaturated/α-hetero) is 1. The molecule has 0 fully saturated rings. The van der Waals surface area contributed by atoms with E-state index in [-0.39, 0.29) is 91.1 Å². The van der Waals surface area contributed by atoms with Gasteiger partial charge in [-0.3, -0.25) is 35.1 Å². The first-order valence-corrected chi connectivity index (χ1v) is 47.2. The van der Waals surface area contributed by atoms with Crippen molar-refractivity contribution in [1.82, 2.24) is 34.4 Å². The molecule has 135 heavy (non-hydrogen) atoms. The van der Waals surface area contributed by atoms with Crippen molar-refractivity contribution in [2.24, 2.45) is 0 Å². The summed E-state index contributed by atoms with van der Waals surface area (Å²) in [7, 11) is -7.18. The molecule has 0 unspecified atom stereocenters. The fourth-order valence-corrected chi connectivity index (χ4v) is 11.6. The number of aromatic hydroxyl groups is 3. The van der Waals surface area contributed by atoms with E-state index in [0.717, 1.165) is 58.7 Å². The highest BCUT2D eigenvalue weighted by Gasteiger charge is 2.27. The van der Waals surface area contributed by atoms with Gasteiger partial charge in [-0.2, -0.15) is 107 Å². The molecular weight excluding hydrogens is 1970 g/mol. The van der Waals surface area contributed by atoms with Gasteiger partial charge in [0.15, 0.2) is 34.5 Å². The van der Waals surface area contributed by atoms with Crippen LogP contribution in [0, 0.1) is 41.7 Å². The van der Waals surface area contributed by atoms with Crippen molar-refractivity contribution in [3.8, 4) is 69.3 Å². The Morgan fingerprint density at radius 2 is 0.667 bits per heavy atom. The summed E-state index contributed by atoms with van der Waals surface area (Å²) in [6, 6.07) is 31.9. The number of hydrogen-bond acceptors (Lipinski definition) is 41. The number of para-hydroxylation sites is 2. The number of methoxy groups -OCH3 is 3. The van der Waals surface area contributed by atoms with Crippen LogP contribution < -0.4 is 33.5 Å². The molecule has 3 N–H and O–H groups in total. The number of ketones is 1. The lowest BCUT2D eigenvalue weighted by Crippen LogP contribution is -2.27. The number of allylic oxidation sites excluding steroid dienone is 1. The molecule has 0 atom stereocenters. The normalized spacial score (nSPS) is 11.9. The van der Waals surface area contributed by atoms with Crippen LogP contribution in [0.4, 0.5) is 17.1 Å². The van der Waals surface area contributed by atoms with E-state index in [0.29, 0.717) is 5.56 Å². The molecule has 0 aliphatic carbocycles. The molecule has 60 heteroatoms. The topological polar surface area (TPSA) is 683 Å². The summed E-state index contributed by atoms with van der Waals surface area (Å²) in [5.41, 5.74) is 0.0711. The summed E-state index contributed by atoms with van der Waals surface area (Å²) >= 11 is 0. The van der Waals surface area contributed by atoms with Gasteiger partial charge in [0, 0.05) is 172 Å². The van der Waals surface area contributed by atoms with E-state index in [1.54, 1.807) is 6.07 Å². The van der Waals surface area contributed by atoms with E-state index in [1.807, 2.05) is 0 Å². The van der Waals surface area contributed by atoms with Gasteiger partial charge in [0.05, 0.1) is 47.7 Å². The van der Waals surface area contributed by atoms with Gasteiger partial charge in [0.2, 0.25) is 5.75 Å². The zero-order valence-electron chi connectivity index (χ0n) is 75.0.